The number of ether oxygens (including phenoxy) is 1. The van der Waals surface area contributed by atoms with E-state index >= 15 is 0 Å². The molecule has 0 aliphatic carbocycles. The largest absolute Gasteiger partial charge is 0.492 e. The summed E-state index contributed by atoms with van der Waals surface area (Å²) in [6.45, 7) is 3.89. The molecule has 1 aliphatic rings. The number of likely N-dealkylation sites (tertiary alicyclic amines) is 1. The lowest BCUT2D eigenvalue weighted by molar-refractivity contribution is -0.131. The summed E-state index contributed by atoms with van der Waals surface area (Å²) < 4.78 is 7.48. The highest BCUT2D eigenvalue weighted by Gasteiger charge is 2.25. The van der Waals surface area contributed by atoms with E-state index in [0.717, 1.165) is 31.5 Å². The maximum Gasteiger partial charge on any atom is 0.227 e. The van der Waals surface area contributed by atoms with Gasteiger partial charge >= 0.3 is 0 Å². The highest BCUT2D eigenvalue weighted by Crippen LogP contribution is 2.30. The number of hydrogen-bond donors (Lipinski definition) is 0. The Morgan fingerprint density at radius 1 is 1.38 bits per heavy atom. The third-order valence-corrected chi connectivity index (χ3v) is 4.60. The van der Waals surface area contributed by atoms with Gasteiger partial charge in [-0.25, -0.2) is 9.67 Å². The summed E-state index contributed by atoms with van der Waals surface area (Å²) in [6, 6.07) is 5.85. The van der Waals surface area contributed by atoms with E-state index in [0.29, 0.717) is 29.8 Å². The Hall–Kier alpha value is -2.08. The maximum absolute atomic E-state index is 12.6. The third kappa shape index (κ3) is 3.70. The Labute approximate surface area is 146 Å². The zero-order valence-electron chi connectivity index (χ0n) is 13.7. The number of halogens is 1. The van der Waals surface area contributed by atoms with Gasteiger partial charge in [-0.15, -0.1) is 0 Å². The van der Waals surface area contributed by atoms with Crippen LogP contribution in [0.2, 0.25) is 5.02 Å². The molecule has 0 saturated carbocycles. The van der Waals surface area contributed by atoms with Gasteiger partial charge in [0.25, 0.3) is 0 Å². The van der Waals surface area contributed by atoms with E-state index in [1.807, 2.05) is 28.6 Å². The number of piperidine rings is 1. The van der Waals surface area contributed by atoms with Crippen molar-refractivity contribution in [3.63, 3.8) is 0 Å². The number of carbonyl (C=O) groups excluding carboxylic acids is 1. The molecule has 1 saturated heterocycles. The summed E-state index contributed by atoms with van der Waals surface area (Å²) >= 11 is 6.19. The SMILES string of the molecule is CCOc1c(Cl)cccc1CC(=O)N1CCC(n2cncn2)CC1. The average Bonchev–Trinajstić information content (AvgIpc) is 3.13. The lowest BCUT2D eigenvalue weighted by Gasteiger charge is -2.32. The molecule has 1 aliphatic heterocycles. The summed E-state index contributed by atoms with van der Waals surface area (Å²) in [6.07, 6.45) is 5.38. The molecular formula is C17H21ClN4O2. The third-order valence-electron chi connectivity index (χ3n) is 4.31. The average molecular weight is 349 g/mol. The molecule has 0 bridgehead atoms. The molecule has 1 amide bonds. The predicted molar refractivity (Wildman–Crippen MR) is 91.2 cm³/mol. The monoisotopic (exact) mass is 348 g/mol. The molecule has 3 rings (SSSR count). The molecule has 2 heterocycles. The molecular weight excluding hydrogens is 328 g/mol. The number of nitrogens with zero attached hydrogens (tertiary/aromatic N) is 4. The van der Waals surface area contributed by atoms with Crippen molar-refractivity contribution in [1.29, 1.82) is 0 Å². The van der Waals surface area contributed by atoms with Gasteiger partial charge in [0.1, 0.15) is 18.4 Å². The van der Waals surface area contributed by atoms with E-state index in [4.69, 9.17) is 16.3 Å². The van der Waals surface area contributed by atoms with Gasteiger partial charge in [0.05, 0.1) is 24.1 Å². The van der Waals surface area contributed by atoms with E-state index in [-0.39, 0.29) is 5.91 Å². The highest BCUT2D eigenvalue weighted by molar-refractivity contribution is 6.32. The van der Waals surface area contributed by atoms with Crippen LogP contribution in [0.5, 0.6) is 5.75 Å². The Morgan fingerprint density at radius 2 is 2.17 bits per heavy atom. The van der Waals surface area contributed by atoms with Gasteiger partial charge in [0, 0.05) is 18.7 Å². The van der Waals surface area contributed by atoms with Gasteiger partial charge in [0.15, 0.2) is 0 Å². The van der Waals surface area contributed by atoms with Crippen LogP contribution >= 0.6 is 11.6 Å². The number of aromatic nitrogens is 3. The van der Waals surface area contributed by atoms with Gasteiger partial charge in [0.2, 0.25) is 5.91 Å². The van der Waals surface area contributed by atoms with Crippen LogP contribution in [0.4, 0.5) is 0 Å². The number of rotatable bonds is 5. The maximum atomic E-state index is 12.6. The summed E-state index contributed by atoms with van der Waals surface area (Å²) in [4.78, 5) is 18.5. The summed E-state index contributed by atoms with van der Waals surface area (Å²) in [5.74, 6) is 0.725. The first kappa shape index (κ1) is 16.8. The Kier molecular flexibility index (Phi) is 5.35. The number of para-hydroxylation sites is 1. The van der Waals surface area contributed by atoms with Gasteiger partial charge in [-0.1, -0.05) is 23.7 Å². The minimum absolute atomic E-state index is 0.107. The molecule has 0 atom stereocenters. The fourth-order valence-corrected chi connectivity index (χ4v) is 3.31. The van der Waals surface area contributed by atoms with Crippen molar-refractivity contribution in [2.45, 2.75) is 32.2 Å². The fraction of sp³-hybridized carbons (Fsp3) is 0.471. The van der Waals surface area contributed by atoms with Crippen LogP contribution in [0.3, 0.4) is 0 Å². The molecule has 0 N–H and O–H groups in total. The second-order valence-electron chi connectivity index (χ2n) is 5.83. The van der Waals surface area contributed by atoms with Crippen LogP contribution in [0, 0.1) is 0 Å². The van der Waals surface area contributed by atoms with Crippen LogP contribution in [0.15, 0.2) is 30.9 Å². The minimum Gasteiger partial charge on any atom is -0.492 e. The number of benzene rings is 1. The second-order valence-corrected chi connectivity index (χ2v) is 6.23. The Balaban J connectivity index is 1.61. The topological polar surface area (TPSA) is 60.2 Å². The van der Waals surface area contributed by atoms with E-state index in [1.165, 1.54) is 0 Å². The van der Waals surface area contributed by atoms with Crippen molar-refractivity contribution in [3.8, 4) is 5.75 Å². The zero-order chi connectivity index (χ0) is 16.9. The Morgan fingerprint density at radius 3 is 2.83 bits per heavy atom. The van der Waals surface area contributed by atoms with Crippen LogP contribution in [-0.4, -0.2) is 45.3 Å². The summed E-state index contributed by atoms with van der Waals surface area (Å²) in [5, 5.41) is 4.74. The van der Waals surface area contributed by atoms with Crippen molar-refractivity contribution in [2.75, 3.05) is 19.7 Å². The molecule has 7 heteroatoms. The molecule has 0 radical (unpaired) electrons. The molecule has 128 valence electrons. The van der Waals surface area contributed by atoms with Crippen molar-refractivity contribution >= 4 is 17.5 Å². The first-order chi connectivity index (χ1) is 11.7. The lowest BCUT2D eigenvalue weighted by Crippen LogP contribution is -2.40. The minimum atomic E-state index is 0.107. The van der Waals surface area contributed by atoms with Crippen LogP contribution < -0.4 is 4.74 Å². The van der Waals surface area contributed by atoms with Crippen LogP contribution in [0.1, 0.15) is 31.4 Å². The molecule has 2 aromatic rings. The van der Waals surface area contributed by atoms with Crippen molar-refractivity contribution in [1.82, 2.24) is 19.7 Å². The molecule has 24 heavy (non-hydrogen) atoms. The predicted octanol–water partition coefficient (Wildman–Crippen LogP) is 2.74. The highest BCUT2D eigenvalue weighted by atomic mass is 35.5. The number of amides is 1. The van der Waals surface area contributed by atoms with E-state index in [2.05, 4.69) is 10.1 Å². The molecule has 0 spiro atoms. The molecule has 1 aromatic carbocycles. The van der Waals surface area contributed by atoms with Gasteiger partial charge in [-0.05, 0) is 25.8 Å². The Bertz CT molecular complexity index is 682. The zero-order valence-corrected chi connectivity index (χ0v) is 14.4. The van der Waals surface area contributed by atoms with Crippen molar-refractivity contribution in [2.24, 2.45) is 0 Å². The lowest BCUT2D eigenvalue weighted by atomic mass is 10.0. The quantitative estimate of drug-likeness (QED) is 0.833. The normalized spacial score (nSPS) is 15.5. The van der Waals surface area contributed by atoms with Gasteiger partial charge in [-0.2, -0.15) is 5.10 Å². The van der Waals surface area contributed by atoms with Crippen molar-refractivity contribution in [3.05, 3.63) is 41.4 Å². The van der Waals surface area contributed by atoms with E-state index in [9.17, 15) is 4.79 Å². The first-order valence-electron chi connectivity index (χ1n) is 8.21. The first-order valence-corrected chi connectivity index (χ1v) is 8.59. The van der Waals surface area contributed by atoms with Gasteiger partial charge in [-0.3, -0.25) is 4.79 Å². The molecule has 1 aromatic heterocycles. The number of carbonyl (C=O) groups is 1. The fourth-order valence-electron chi connectivity index (χ4n) is 3.06. The van der Waals surface area contributed by atoms with Gasteiger partial charge < -0.3 is 9.64 Å². The number of hydrogen-bond acceptors (Lipinski definition) is 4. The molecule has 6 nitrogen and oxygen atoms in total. The molecule has 1 fully saturated rings. The smallest absolute Gasteiger partial charge is 0.227 e. The van der Waals surface area contributed by atoms with Crippen LogP contribution in [-0.2, 0) is 11.2 Å². The second kappa shape index (κ2) is 7.66. The standard InChI is InChI=1S/C17H21ClN4O2/c1-2-24-17-13(4-3-5-15(17)18)10-16(23)21-8-6-14(7-9-21)22-12-19-11-20-22/h3-5,11-12,14H,2,6-10H2,1H3. The van der Waals surface area contributed by atoms with E-state index in [1.54, 1.807) is 18.7 Å². The van der Waals surface area contributed by atoms with Crippen molar-refractivity contribution < 1.29 is 9.53 Å². The summed E-state index contributed by atoms with van der Waals surface area (Å²) in [5.41, 5.74) is 0.841. The summed E-state index contributed by atoms with van der Waals surface area (Å²) in [7, 11) is 0. The molecule has 0 unspecified atom stereocenters. The van der Waals surface area contributed by atoms with E-state index < -0.39 is 0 Å². The van der Waals surface area contributed by atoms with Crippen LogP contribution in [0.25, 0.3) is 0 Å².